The summed E-state index contributed by atoms with van der Waals surface area (Å²) >= 11 is 3.63. The van der Waals surface area contributed by atoms with Crippen LogP contribution >= 0.6 is 23.1 Å². The molecule has 0 radical (unpaired) electrons. The smallest absolute Gasteiger partial charge is 0.123 e. The SMILES string of the molecule is Cc1cc(F)ccc1C(O)c1cc2c(s1)CCSC2. The van der Waals surface area contributed by atoms with Gasteiger partial charge < -0.3 is 5.11 Å². The zero-order chi connectivity index (χ0) is 13.4. The van der Waals surface area contributed by atoms with Crippen molar-refractivity contribution in [1.29, 1.82) is 0 Å². The Morgan fingerprint density at radius 3 is 2.89 bits per heavy atom. The Hall–Kier alpha value is -0.840. The van der Waals surface area contributed by atoms with E-state index >= 15 is 0 Å². The molecule has 0 aliphatic carbocycles. The first-order valence-corrected chi connectivity index (χ1v) is 8.25. The van der Waals surface area contributed by atoms with Gasteiger partial charge in [0.15, 0.2) is 0 Å². The quantitative estimate of drug-likeness (QED) is 0.901. The average Bonchev–Trinajstić information content (AvgIpc) is 2.81. The summed E-state index contributed by atoms with van der Waals surface area (Å²) in [4.78, 5) is 2.37. The number of fused-ring (bicyclic) bond motifs is 1. The predicted molar refractivity (Wildman–Crippen MR) is 79.4 cm³/mol. The molecule has 0 saturated carbocycles. The van der Waals surface area contributed by atoms with Gasteiger partial charge >= 0.3 is 0 Å². The highest BCUT2D eigenvalue weighted by Crippen LogP contribution is 2.37. The maximum Gasteiger partial charge on any atom is 0.123 e. The molecule has 2 heterocycles. The lowest BCUT2D eigenvalue weighted by Gasteiger charge is -2.12. The zero-order valence-electron chi connectivity index (χ0n) is 10.6. The van der Waals surface area contributed by atoms with Crippen LogP contribution in [0.2, 0.25) is 0 Å². The number of thiophene rings is 1. The van der Waals surface area contributed by atoms with Gasteiger partial charge in [0.05, 0.1) is 0 Å². The molecule has 0 spiro atoms. The number of aryl methyl sites for hydroxylation is 2. The van der Waals surface area contributed by atoms with Crippen molar-refractivity contribution in [1.82, 2.24) is 0 Å². The minimum absolute atomic E-state index is 0.254. The standard InChI is InChI=1S/C15H15FOS2/c1-9-6-11(16)2-3-12(9)15(17)14-7-10-8-18-5-4-13(10)19-14/h2-3,6-7,15,17H,4-5,8H2,1H3. The number of benzene rings is 1. The third-order valence-electron chi connectivity index (χ3n) is 3.44. The number of thioether (sulfide) groups is 1. The van der Waals surface area contributed by atoms with Crippen molar-refractivity contribution >= 4 is 23.1 Å². The molecule has 1 aliphatic heterocycles. The van der Waals surface area contributed by atoms with Crippen molar-refractivity contribution in [2.24, 2.45) is 0 Å². The van der Waals surface area contributed by atoms with E-state index < -0.39 is 6.10 Å². The fourth-order valence-electron chi connectivity index (χ4n) is 2.40. The minimum Gasteiger partial charge on any atom is -0.383 e. The molecule has 1 N–H and O–H groups in total. The Kier molecular flexibility index (Phi) is 3.65. The van der Waals surface area contributed by atoms with Gasteiger partial charge in [0.1, 0.15) is 11.9 Å². The topological polar surface area (TPSA) is 20.2 Å². The van der Waals surface area contributed by atoms with E-state index in [9.17, 15) is 9.50 Å². The average molecular weight is 294 g/mol. The molecule has 3 rings (SSSR count). The second-order valence-electron chi connectivity index (χ2n) is 4.80. The highest BCUT2D eigenvalue weighted by Gasteiger charge is 2.20. The summed E-state index contributed by atoms with van der Waals surface area (Å²) in [6, 6.07) is 6.68. The lowest BCUT2D eigenvalue weighted by atomic mass is 10.0. The number of hydrogen-bond donors (Lipinski definition) is 1. The minimum atomic E-state index is -0.638. The van der Waals surface area contributed by atoms with Gasteiger partial charge in [-0.1, -0.05) is 6.07 Å². The van der Waals surface area contributed by atoms with Crippen LogP contribution in [-0.4, -0.2) is 10.9 Å². The fraction of sp³-hybridized carbons (Fsp3) is 0.333. The molecule has 1 atom stereocenters. The second-order valence-corrected chi connectivity index (χ2v) is 7.08. The second kappa shape index (κ2) is 5.27. The van der Waals surface area contributed by atoms with Crippen LogP contribution in [0, 0.1) is 12.7 Å². The summed E-state index contributed by atoms with van der Waals surface area (Å²) in [5.41, 5.74) is 2.95. The summed E-state index contributed by atoms with van der Waals surface area (Å²) in [7, 11) is 0. The molecular weight excluding hydrogens is 279 g/mol. The fourth-order valence-corrected chi connectivity index (χ4v) is 4.79. The van der Waals surface area contributed by atoms with E-state index in [0.717, 1.165) is 28.2 Å². The highest BCUT2D eigenvalue weighted by molar-refractivity contribution is 7.98. The lowest BCUT2D eigenvalue weighted by molar-refractivity contribution is 0.223. The molecule has 100 valence electrons. The van der Waals surface area contributed by atoms with Crippen molar-refractivity contribution < 1.29 is 9.50 Å². The van der Waals surface area contributed by atoms with Gasteiger partial charge in [0, 0.05) is 15.5 Å². The molecular formula is C15H15FOS2. The molecule has 1 aromatic carbocycles. The van der Waals surface area contributed by atoms with Crippen LogP contribution in [-0.2, 0) is 12.2 Å². The summed E-state index contributed by atoms with van der Waals surface area (Å²) in [6.07, 6.45) is 0.459. The van der Waals surface area contributed by atoms with E-state index in [1.54, 1.807) is 17.4 Å². The normalized spacial score (nSPS) is 16.2. The van der Waals surface area contributed by atoms with Crippen LogP contribution in [0.15, 0.2) is 24.3 Å². The van der Waals surface area contributed by atoms with Crippen molar-refractivity contribution in [2.75, 3.05) is 5.75 Å². The maximum atomic E-state index is 13.1. The molecule has 0 saturated heterocycles. The Morgan fingerprint density at radius 1 is 1.32 bits per heavy atom. The molecule has 1 nitrogen and oxygen atoms in total. The Morgan fingerprint density at radius 2 is 2.16 bits per heavy atom. The van der Waals surface area contributed by atoms with E-state index in [4.69, 9.17) is 0 Å². The summed E-state index contributed by atoms with van der Waals surface area (Å²) in [5.74, 6) is 1.95. The van der Waals surface area contributed by atoms with Crippen LogP contribution in [0.5, 0.6) is 0 Å². The predicted octanol–water partition coefficient (Wildman–Crippen LogP) is 4.07. The van der Waals surface area contributed by atoms with Crippen LogP contribution in [0.1, 0.15) is 32.5 Å². The first-order valence-electron chi connectivity index (χ1n) is 6.28. The van der Waals surface area contributed by atoms with Gasteiger partial charge in [-0.25, -0.2) is 4.39 Å². The number of halogens is 1. The van der Waals surface area contributed by atoms with Crippen molar-refractivity contribution in [3.8, 4) is 0 Å². The molecule has 1 aliphatic rings. The number of aliphatic hydroxyl groups is 1. The van der Waals surface area contributed by atoms with E-state index in [2.05, 4.69) is 6.07 Å². The number of hydrogen-bond acceptors (Lipinski definition) is 3. The van der Waals surface area contributed by atoms with Gasteiger partial charge in [-0.3, -0.25) is 0 Å². The molecule has 0 bridgehead atoms. The monoisotopic (exact) mass is 294 g/mol. The molecule has 4 heteroatoms. The Bertz CT molecular complexity index is 583. The summed E-state index contributed by atoms with van der Waals surface area (Å²) in [5, 5.41) is 10.5. The van der Waals surface area contributed by atoms with Gasteiger partial charge in [-0.05, 0) is 54.0 Å². The maximum absolute atomic E-state index is 13.1. The van der Waals surface area contributed by atoms with Crippen LogP contribution in [0.3, 0.4) is 0 Å². The molecule has 1 unspecified atom stereocenters. The number of rotatable bonds is 2. The third-order valence-corrected chi connectivity index (χ3v) is 5.74. The Labute approximate surface area is 120 Å². The van der Waals surface area contributed by atoms with Gasteiger partial charge in [-0.15, -0.1) is 11.3 Å². The highest BCUT2D eigenvalue weighted by atomic mass is 32.2. The molecule has 19 heavy (non-hydrogen) atoms. The third kappa shape index (κ3) is 2.57. The van der Waals surface area contributed by atoms with Crippen molar-refractivity contribution in [2.45, 2.75) is 25.2 Å². The summed E-state index contributed by atoms with van der Waals surface area (Å²) in [6.45, 7) is 1.84. The zero-order valence-corrected chi connectivity index (χ0v) is 12.3. The lowest BCUT2D eigenvalue weighted by Crippen LogP contribution is -2.00. The first-order chi connectivity index (χ1) is 9.15. The molecule has 2 aromatic rings. The van der Waals surface area contributed by atoms with Gasteiger partial charge in [-0.2, -0.15) is 11.8 Å². The van der Waals surface area contributed by atoms with Gasteiger partial charge in [0.2, 0.25) is 0 Å². The molecule has 1 aromatic heterocycles. The van der Waals surface area contributed by atoms with E-state index in [-0.39, 0.29) is 5.82 Å². The van der Waals surface area contributed by atoms with Crippen LogP contribution in [0.25, 0.3) is 0 Å². The summed E-state index contributed by atoms with van der Waals surface area (Å²) < 4.78 is 13.1. The first kappa shape index (κ1) is 13.2. The van der Waals surface area contributed by atoms with Crippen molar-refractivity contribution in [3.05, 3.63) is 56.5 Å². The Balaban J connectivity index is 1.94. The van der Waals surface area contributed by atoms with Gasteiger partial charge in [0.25, 0.3) is 0 Å². The van der Waals surface area contributed by atoms with Crippen LogP contribution < -0.4 is 0 Å². The van der Waals surface area contributed by atoms with Crippen molar-refractivity contribution in [3.63, 3.8) is 0 Å². The number of aliphatic hydroxyl groups excluding tert-OH is 1. The largest absolute Gasteiger partial charge is 0.383 e. The molecule has 0 fully saturated rings. The van der Waals surface area contributed by atoms with Crippen LogP contribution in [0.4, 0.5) is 4.39 Å². The van der Waals surface area contributed by atoms with E-state index in [0.29, 0.717) is 0 Å². The van der Waals surface area contributed by atoms with E-state index in [1.165, 1.54) is 28.3 Å². The van der Waals surface area contributed by atoms with E-state index in [1.807, 2.05) is 18.7 Å². The molecule has 0 amide bonds.